The van der Waals surface area contributed by atoms with Gasteiger partial charge in [0.15, 0.2) is 0 Å². The van der Waals surface area contributed by atoms with E-state index in [9.17, 15) is 0 Å². The van der Waals surface area contributed by atoms with Crippen LogP contribution in [0, 0.1) is 0 Å². The molecule has 0 aliphatic rings. The van der Waals surface area contributed by atoms with E-state index in [1.54, 1.807) is 12.5 Å². The van der Waals surface area contributed by atoms with Gasteiger partial charge in [-0.25, -0.2) is 9.97 Å². The minimum atomic E-state index is -0.0189. The van der Waals surface area contributed by atoms with Crippen LogP contribution in [0.25, 0.3) is 0 Å². The Morgan fingerprint density at radius 3 is 2.63 bits per heavy atom. The van der Waals surface area contributed by atoms with Crippen LogP contribution in [0.1, 0.15) is 26.3 Å². The Bertz CT molecular complexity index is 519. The van der Waals surface area contributed by atoms with Gasteiger partial charge in [0.2, 0.25) is 0 Å². The third-order valence-corrected chi connectivity index (χ3v) is 2.37. The molecule has 2 aromatic rings. The fourth-order valence-electron chi connectivity index (χ4n) is 1.60. The number of aromatic nitrogens is 3. The first kappa shape index (κ1) is 13.3. The SMILES string of the molecule is CC(C)(C)Nc1cc(NCc2cccnc2)ncn1. The second kappa shape index (κ2) is 5.65. The molecule has 100 valence electrons. The van der Waals surface area contributed by atoms with Crippen LogP contribution >= 0.6 is 0 Å². The standard InChI is InChI=1S/C14H19N5/c1-14(2,3)19-13-7-12(17-10-18-13)16-9-11-5-4-6-15-8-11/h4-8,10H,9H2,1-3H3,(H2,16,17,18,19). The molecule has 19 heavy (non-hydrogen) atoms. The van der Waals surface area contributed by atoms with Crippen molar-refractivity contribution in [3.8, 4) is 0 Å². The summed E-state index contributed by atoms with van der Waals surface area (Å²) in [6.07, 6.45) is 5.15. The quantitative estimate of drug-likeness (QED) is 0.881. The monoisotopic (exact) mass is 257 g/mol. The average Bonchev–Trinajstić information content (AvgIpc) is 2.36. The summed E-state index contributed by atoms with van der Waals surface area (Å²) in [6, 6.07) is 5.85. The predicted molar refractivity (Wildman–Crippen MR) is 77.0 cm³/mol. The molecule has 2 rings (SSSR count). The highest BCUT2D eigenvalue weighted by atomic mass is 15.1. The normalized spacial score (nSPS) is 11.1. The van der Waals surface area contributed by atoms with E-state index in [0.717, 1.165) is 17.2 Å². The minimum Gasteiger partial charge on any atom is -0.366 e. The molecule has 0 fully saturated rings. The molecule has 0 saturated heterocycles. The van der Waals surface area contributed by atoms with Crippen molar-refractivity contribution in [2.45, 2.75) is 32.9 Å². The molecule has 0 unspecified atom stereocenters. The van der Waals surface area contributed by atoms with E-state index in [0.29, 0.717) is 6.54 Å². The van der Waals surface area contributed by atoms with Gasteiger partial charge >= 0.3 is 0 Å². The second-order valence-electron chi connectivity index (χ2n) is 5.38. The van der Waals surface area contributed by atoms with Crippen molar-refractivity contribution in [1.82, 2.24) is 15.0 Å². The maximum Gasteiger partial charge on any atom is 0.131 e. The molecule has 0 atom stereocenters. The van der Waals surface area contributed by atoms with Gasteiger partial charge in [0.25, 0.3) is 0 Å². The first-order chi connectivity index (χ1) is 9.03. The number of anilines is 2. The van der Waals surface area contributed by atoms with Crippen LogP contribution in [0.5, 0.6) is 0 Å². The summed E-state index contributed by atoms with van der Waals surface area (Å²) in [4.78, 5) is 12.5. The molecule has 5 nitrogen and oxygen atoms in total. The van der Waals surface area contributed by atoms with Crippen LogP contribution in [-0.2, 0) is 6.54 Å². The molecule has 2 heterocycles. The Morgan fingerprint density at radius 1 is 1.16 bits per heavy atom. The van der Waals surface area contributed by atoms with E-state index in [4.69, 9.17) is 0 Å². The zero-order valence-corrected chi connectivity index (χ0v) is 11.5. The van der Waals surface area contributed by atoms with E-state index in [1.165, 1.54) is 0 Å². The van der Waals surface area contributed by atoms with Gasteiger partial charge in [0.1, 0.15) is 18.0 Å². The third kappa shape index (κ3) is 4.54. The molecule has 0 amide bonds. The number of nitrogens with one attached hydrogen (secondary N) is 2. The summed E-state index contributed by atoms with van der Waals surface area (Å²) in [5, 5.41) is 6.57. The highest BCUT2D eigenvalue weighted by Gasteiger charge is 2.10. The summed E-state index contributed by atoms with van der Waals surface area (Å²) in [5.74, 6) is 1.61. The fraction of sp³-hybridized carbons (Fsp3) is 0.357. The zero-order valence-electron chi connectivity index (χ0n) is 11.5. The number of pyridine rings is 1. The molecule has 0 radical (unpaired) electrons. The van der Waals surface area contributed by atoms with E-state index in [-0.39, 0.29) is 5.54 Å². The maximum atomic E-state index is 4.21. The van der Waals surface area contributed by atoms with Crippen molar-refractivity contribution in [3.63, 3.8) is 0 Å². The number of hydrogen-bond acceptors (Lipinski definition) is 5. The summed E-state index contributed by atoms with van der Waals surface area (Å²) in [5.41, 5.74) is 1.10. The van der Waals surface area contributed by atoms with Crippen molar-refractivity contribution in [2.24, 2.45) is 0 Å². The first-order valence-electron chi connectivity index (χ1n) is 6.26. The van der Waals surface area contributed by atoms with Crippen LogP contribution in [-0.4, -0.2) is 20.5 Å². The van der Waals surface area contributed by atoms with Gasteiger partial charge in [-0.2, -0.15) is 0 Å². The molecule has 0 aliphatic carbocycles. The topological polar surface area (TPSA) is 62.7 Å². The van der Waals surface area contributed by atoms with Gasteiger partial charge in [-0.15, -0.1) is 0 Å². The Labute approximate surface area is 113 Å². The Balaban J connectivity index is 1.99. The first-order valence-corrected chi connectivity index (χ1v) is 6.26. The van der Waals surface area contributed by atoms with E-state index in [1.807, 2.05) is 24.4 Å². The summed E-state index contributed by atoms with van der Waals surface area (Å²) in [6.45, 7) is 6.98. The molecule has 5 heteroatoms. The largest absolute Gasteiger partial charge is 0.366 e. The third-order valence-electron chi connectivity index (χ3n) is 2.37. The zero-order chi connectivity index (χ0) is 13.7. The van der Waals surface area contributed by atoms with Crippen LogP contribution in [0.15, 0.2) is 36.9 Å². The molecule has 0 saturated carbocycles. The van der Waals surface area contributed by atoms with Gasteiger partial charge in [0.05, 0.1) is 0 Å². The van der Waals surface area contributed by atoms with Gasteiger partial charge in [-0.05, 0) is 32.4 Å². The number of nitrogens with zero attached hydrogens (tertiary/aromatic N) is 3. The molecule has 2 N–H and O–H groups in total. The lowest BCUT2D eigenvalue weighted by Gasteiger charge is -2.21. The lowest BCUT2D eigenvalue weighted by Crippen LogP contribution is -2.26. The van der Waals surface area contributed by atoms with Crippen molar-refractivity contribution in [3.05, 3.63) is 42.5 Å². The Hall–Kier alpha value is -2.17. The molecule has 0 aliphatic heterocycles. The molecule has 2 aromatic heterocycles. The van der Waals surface area contributed by atoms with Gasteiger partial charge in [-0.1, -0.05) is 6.07 Å². The summed E-state index contributed by atoms with van der Waals surface area (Å²) >= 11 is 0. The maximum absolute atomic E-state index is 4.21. The minimum absolute atomic E-state index is 0.0189. The van der Waals surface area contributed by atoms with E-state index in [2.05, 4.69) is 46.4 Å². The van der Waals surface area contributed by atoms with Crippen LogP contribution in [0.3, 0.4) is 0 Å². The predicted octanol–water partition coefficient (Wildman–Crippen LogP) is 2.69. The van der Waals surface area contributed by atoms with Crippen LogP contribution in [0.2, 0.25) is 0 Å². The molecular weight excluding hydrogens is 238 g/mol. The van der Waals surface area contributed by atoms with Crippen LogP contribution in [0.4, 0.5) is 11.6 Å². The van der Waals surface area contributed by atoms with Crippen molar-refractivity contribution >= 4 is 11.6 Å². The van der Waals surface area contributed by atoms with Gasteiger partial charge in [-0.3, -0.25) is 4.98 Å². The van der Waals surface area contributed by atoms with Crippen molar-refractivity contribution in [2.75, 3.05) is 10.6 Å². The van der Waals surface area contributed by atoms with Crippen molar-refractivity contribution in [1.29, 1.82) is 0 Å². The van der Waals surface area contributed by atoms with Crippen molar-refractivity contribution < 1.29 is 0 Å². The fourth-order valence-corrected chi connectivity index (χ4v) is 1.60. The van der Waals surface area contributed by atoms with E-state index < -0.39 is 0 Å². The Kier molecular flexibility index (Phi) is 3.94. The molecule has 0 spiro atoms. The summed E-state index contributed by atoms with van der Waals surface area (Å²) in [7, 11) is 0. The Morgan fingerprint density at radius 2 is 1.95 bits per heavy atom. The summed E-state index contributed by atoms with van der Waals surface area (Å²) < 4.78 is 0. The lowest BCUT2D eigenvalue weighted by molar-refractivity contribution is 0.630. The molecule has 0 aromatic carbocycles. The highest BCUT2D eigenvalue weighted by molar-refractivity contribution is 5.47. The number of rotatable bonds is 4. The highest BCUT2D eigenvalue weighted by Crippen LogP contribution is 2.14. The smallest absolute Gasteiger partial charge is 0.131 e. The van der Waals surface area contributed by atoms with Gasteiger partial charge < -0.3 is 10.6 Å². The lowest BCUT2D eigenvalue weighted by atomic mass is 10.1. The number of hydrogen-bond donors (Lipinski definition) is 2. The molecular formula is C14H19N5. The second-order valence-corrected chi connectivity index (χ2v) is 5.38. The van der Waals surface area contributed by atoms with E-state index >= 15 is 0 Å². The average molecular weight is 257 g/mol. The van der Waals surface area contributed by atoms with Gasteiger partial charge in [0, 0.05) is 30.5 Å². The van der Waals surface area contributed by atoms with Crippen LogP contribution < -0.4 is 10.6 Å². The molecule has 0 bridgehead atoms.